The Bertz CT molecular complexity index is 952. The monoisotopic (exact) mass is 375 g/mol. The molecule has 1 aromatic heterocycles. The van der Waals surface area contributed by atoms with E-state index in [0.29, 0.717) is 13.0 Å². The van der Waals surface area contributed by atoms with Crippen molar-refractivity contribution in [2.24, 2.45) is 0 Å². The highest BCUT2D eigenvalue weighted by molar-refractivity contribution is 5.90. The first-order valence-corrected chi connectivity index (χ1v) is 10.3. The van der Waals surface area contributed by atoms with Gasteiger partial charge in [-0.25, -0.2) is 0 Å². The molecule has 1 unspecified atom stereocenters. The first-order valence-electron chi connectivity index (χ1n) is 10.3. The number of carbonyl (C=O) groups is 1. The molecule has 3 aromatic rings. The predicted octanol–water partition coefficient (Wildman–Crippen LogP) is 4.28. The molecule has 28 heavy (non-hydrogen) atoms. The molecule has 1 atom stereocenters. The Kier molecular flexibility index (Phi) is 5.49. The zero-order valence-corrected chi connectivity index (χ0v) is 16.8. The van der Waals surface area contributed by atoms with Crippen LogP contribution >= 0.6 is 0 Å². The van der Waals surface area contributed by atoms with Crippen molar-refractivity contribution in [3.8, 4) is 0 Å². The number of benzene rings is 2. The van der Waals surface area contributed by atoms with Crippen LogP contribution < -0.4 is 5.32 Å². The molecule has 1 saturated heterocycles. The van der Waals surface area contributed by atoms with Crippen LogP contribution in [-0.2, 0) is 11.2 Å². The largest absolute Gasteiger partial charge is 0.358 e. The molecule has 146 valence electrons. The second-order valence-electron chi connectivity index (χ2n) is 7.92. The maximum Gasteiger partial charge on any atom is 0.224 e. The van der Waals surface area contributed by atoms with E-state index in [2.05, 4.69) is 58.5 Å². The predicted molar refractivity (Wildman–Crippen MR) is 114 cm³/mol. The summed E-state index contributed by atoms with van der Waals surface area (Å²) in [6.07, 6.45) is 2.89. The average molecular weight is 376 g/mol. The number of nitrogens with one attached hydrogen (secondary N) is 2. The zero-order chi connectivity index (χ0) is 19.5. The number of aromatic amines is 1. The van der Waals surface area contributed by atoms with Gasteiger partial charge in [-0.15, -0.1) is 0 Å². The molecule has 1 aliphatic rings. The highest BCUT2D eigenvalue weighted by Crippen LogP contribution is 2.25. The first-order chi connectivity index (χ1) is 13.6. The normalized spacial score (nSPS) is 15.8. The van der Waals surface area contributed by atoms with Crippen LogP contribution in [-0.4, -0.2) is 35.4 Å². The van der Waals surface area contributed by atoms with Gasteiger partial charge in [0.1, 0.15) is 0 Å². The number of rotatable bonds is 6. The summed E-state index contributed by atoms with van der Waals surface area (Å²) in [6, 6.07) is 17.2. The minimum Gasteiger partial charge on any atom is -0.358 e. The van der Waals surface area contributed by atoms with E-state index in [-0.39, 0.29) is 11.9 Å². The average Bonchev–Trinajstić information content (AvgIpc) is 3.32. The number of para-hydroxylation sites is 1. The van der Waals surface area contributed by atoms with Crippen LogP contribution in [0.15, 0.2) is 48.5 Å². The van der Waals surface area contributed by atoms with E-state index in [9.17, 15) is 4.79 Å². The van der Waals surface area contributed by atoms with Crippen molar-refractivity contribution < 1.29 is 4.79 Å². The topological polar surface area (TPSA) is 48.1 Å². The van der Waals surface area contributed by atoms with Crippen molar-refractivity contribution in [3.63, 3.8) is 0 Å². The van der Waals surface area contributed by atoms with E-state index in [1.807, 2.05) is 19.1 Å². The molecule has 4 rings (SSSR count). The molecule has 0 radical (unpaired) electrons. The third kappa shape index (κ3) is 3.97. The molecule has 4 nitrogen and oxygen atoms in total. The molecule has 0 bridgehead atoms. The van der Waals surface area contributed by atoms with Crippen LogP contribution in [0.25, 0.3) is 10.9 Å². The Morgan fingerprint density at radius 1 is 1.07 bits per heavy atom. The van der Waals surface area contributed by atoms with Gasteiger partial charge in [-0.05, 0) is 57.0 Å². The van der Waals surface area contributed by atoms with Crippen LogP contribution in [0.5, 0.6) is 0 Å². The second-order valence-corrected chi connectivity index (χ2v) is 7.92. The van der Waals surface area contributed by atoms with Gasteiger partial charge in [-0.1, -0.05) is 48.0 Å². The Hall–Kier alpha value is -2.59. The molecule has 2 aromatic carbocycles. The maximum atomic E-state index is 12.8. The van der Waals surface area contributed by atoms with Crippen molar-refractivity contribution in [1.29, 1.82) is 0 Å². The fraction of sp³-hybridized carbons (Fsp3) is 0.375. The summed E-state index contributed by atoms with van der Waals surface area (Å²) < 4.78 is 0. The van der Waals surface area contributed by atoms with Crippen LogP contribution in [0, 0.1) is 13.8 Å². The van der Waals surface area contributed by atoms with E-state index < -0.39 is 0 Å². The van der Waals surface area contributed by atoms with Crippen LogP contribution in [0.4, 0.5) is 0 Å². The molecule has 0 aliphatic carbocycles. The highest BCUT2D eigenvalue weighted by Gasteiger charge is 2.24. The molecule has 2 heterocycles. The molecular formula is C24H29N3O. The molecule has 2 N–H and O–H groups in total. The number of nitrogens with zero attached hydrogens (tertiary/aromatic N) is 1. The number of H-pyrrole nitrogens is 1. The Balaban J connectivity index is 1.46. The number of aromatic nitrogens is 1. The summed E-state index contributed by atoms with van der Waals surface area (Å²) in [5.41, 5.74) is 5.82. The minimum atomic E-state index is 0.0872. The molecule has 1 amide bonds. The SMILES string of the molecule is Cc1ccc(C(CNC(=O)Cc2c(C)[nH]c3ccccc23)N2CCCC2)cc1. The van der Waals surface area contributed by atoms with Gasteiger partial charge >= 0.3 is 0 Å². The summed E-state index contributed by atoms with van der Waals surface area (Å²) in [6.45, 7) is 7.02. The zero-order valence-electron chi connectivity index (χ0n) is 16.8. The van der Waals surface area contributed by atoms with Gasteiger partial charge in [0, 0.05) is 23.1 Å². The van der Waals surface area contributed by atoms with Gasteiger partial charge in [0.15, 0.2) is 0 Å². The van der Waals surface area contributed by atoms with Crippen molar-refractivity contribution in [2.45, 2.75) is 39.2 Å². The number of fused-ring (bicyclic) bond motifs is 1. The second kappa shape index (κ2) is 8.19. The van der Waals surface area contributed by atoms with E-state index in [4.69, 9.17) is 0 Å². The molecule has 1 aliphatic heterocycles. The van der Waals surface area contributed by atoms with Gasteiger partial charge < -0.3 is 10.3 Å². The van der Waals surface area contributed by atoms with Gasteiger partial charge in [0.05, 0.1) is 12.5 Å². The van der Waals surface area contributed by atoms with Crippen molar-refractivity contribution in [2.75, 3.05) is 19.6 Å². The fourth-order valence-corrected chi connectivity index (χ4v) is 4.30. The molecular weight excluding hydrogens is 346 g/mol. The number of carbonyl (C=O) groups excluding carboxylic acids is 1. The van der Waals surface area contributed by atoms with Gasteiger partial charge in [-0.2, -0.15) is 0 Å². The van der Waals surface area contributed by atoms with E-state index >= 15 is 0 Å². The fourth-order valence-electron chi connectivity index (χ4n) is 4.30. The van der Waals surface area contributed by atoms with Crippen molar-refractivity contribution in [1.82, 2.24) is 15.2 Å². The lowest BCUT2D eigenvalue weighted by molar-refractivity contribution is -0.120. The smallest absolute Gasteiger partial charge is 0.224 e. The summed E-state index contributed by atoms with van der Waals surface area (Å²) >= 11 is 0. The lowest BCUT2D eigenvalue weighted by atomic mass is 10.0. The van der Waals surface area contributed by atoms with Crippen molar-refractivity contribution in [3.05, 3.63) is 70.9 Å². The van der Waals surface area contributed by atoms with Gasteiger partial charge in [0.2, 0.25) is 5.91 Å². The Labute approximate surface area is 166 Å². The van der Waals surface area contributed by atoms with E-state index in [1.165, 1.54) is 24.0 Å². The number of aryl methyl sites for hydroxylation is 2. The van der Waals surface area contributed by atoms with Gasteiger partial charge in [0.25, 0.3) is 0 Å². The molecule has 1 fully saturated rings. The standard InChI is InChI=1S/C24H29N3O/c1-17-9-11-19(12-10-17)23(27-13-5-6-14-27)16-25-24(28)15-21-18(2)26-22-8-4-3-7-20(21)22/h3-4,7-12,23,26H,5-6,13-16H2,1-2H3,(H,25,28). The van der Waals surface area contributed by atoms with E-state index in [1.54, 1.807) is 0 Å². The Morgan fingerprint density at radius 2 is 1.79 bits per heavy atom. The molecule has 0 saturated carbocycles. The lowest BCUT2D eigenvalue weighted by Crippen LogP contribution is -2.37. The maximum absolute atomic E-state index is 12.8. The highest BCUT2D eigenvalue weighted by atomic mass is 16.1. The number of hydrogen-bond donors (Lipinski definition) is 2. The van der Waals surface area contributed by atoms with Crippen LogP contribution in [0.1, 0.15) is 41.3 Å². The number of amides is 1. The van der Waals surface area contributed by atoms with Gasteiger partial charge in [-0.3, -0.25) is 9.69 Å². The summed E-state index contributed by atoms with van der Waals surface area (Å²) in [5, 5.41) is 4.35. The third-order valence-corrected chi connectivity index (χ3v) is 5.90. The van der Waals surface area contributed by atoms with Crippen LogP contribution in [0.2, 0.25) is 0 Å². The van der Waals surface area contributed by atoms with E-state index in [0.717, 1.165) is 35.2 Å². The first kappa shape index (κ1) is 18.8. The molecule has 4 heteroatoms. The minimum absolute atomic E-state index is 0.0872. The van der Waals surface area contributed by atoms with Crippen LogP contribution in [0.3, 0.4) is 0 Å². The quantitative estimate of drug-likeness (QED) is 0.675. The Morgan fingerprint density at radius 3 is 2.54 bits per heavy atom. The molecule has 0 spiro atoms. The lowest BCUT2D eigenvalue weighted by Gasteiger charge is -2.28. The summed E-state index contributed by atoms with van der Waals surface area (Å²) in [4.78, 5) is 18.7. The summed E-state index contributed by atoms with van der Waals surface area (Å²) in [5.74, 6) is 0.0872. The summed E-state index contributed by atoms with van der Waals surface area (Å²) in [7, 11) is 0. The third-order valence-electron chi connectivity index (χ3n) is 5.90. The number of likely N-dealkylation sites (tertiary alicyclic amines) is 1. The number of hydrogen-bond acceptors (Lipinski definition) is 2. The van der Waals surface area contributed by atoms with Crippen molar-refractivity contribution >= 4 is 16.8 Å².